The average Bonchev–Trinajstić information content (AvgIpc) is 3.43. The number of ether oxygens (including phenoxy) is 2. The number of aliphatic hydroxyl groups excluding tert-OH is 2. The van der Waals surface area contributed by atoms with Crippen LogP contribution < -0.4 is 9.47 Å². The summed E-state index contributed by atoms with van der Waals surface area (Å²) in [6.45, 7) is 14.1. The third-order valence-corrected chi connectivity index (χ3v) is 16.1. The van der Waals surface area contributed by atoms with Gasteiger partial charge in [0.1, 0.15) is 22.9 Å². The summed E-state index contributed by atoms with van der Waals surface area (Å²) in [6.07, 6.45) is 3.37. The van der Waals surface area contributed by atoms with Crippen molar-refractivity contribution in [3.63, 3.8) is 0 Å². The summed E-state index contributed by atoms with van der Waals surface area (Å²) >= 11 is 3.40. The molecule has 0 fully saturated rings. The molecule has 2 N–H and O–H groups in total. The van der Waals surface area contributed by atoms with Crippen molar-refractivity contribution in [1.82, 2.24) is 10.1 Å². The van der Waals surface area contributed by atoms with Crippen molar-refractivity contribution in [2.75, 3.05) is 27.3 Å². The molecular weight excluding hydrogens is 715 g/mol. The van der Waals surface area contributed by atoms with Crippen LogP contribution in [-0.4, -0.2) is 73.1 Å². The smallest absolute Gasteiger partial charge is 0.265 e. The lowest BCUT2D eigenvalue weighted by Gasteiger charge is -2.55. The number of carbonyl (C=O) groups is 2. The molecule has 0 saturated carbocycles. The van der Waals surface area contributed by atoms with E-state index in [-0.39, 0.29) is 68.4 Å². The highest BCUT2D eigenvalue weighted by Gasteiger charge is 2.67. The molecule has 1 heterocycles. The molecule has 270 valence electrons. The molecule has 0 spiro atoms. The quantitative estimate of drug-likeness (QED) is 0.163. The molecule has 0 saturated heterocycles. The number of aliphatic hydroxyl groups is 2. The maximum absolute atomic E-state index is 16.2. The molecule has 0 bridgehead atoms. The van der Waals surface area contributed by atoms with Gasteiger partial charge in [0.05, 0.1) is 35.9 Å². The number of allylic oxidation sites excluding steroid dienone is 1. The van der Waals surface area contributed by atoms with Gasteiger partial charge in [-0.25, -0.2) is 4.39 Å². The van der Waals surface area contributed by atoms with Crippen molar-refractivity contribution in [2.24, 2.45) is 11.8 Å². The van der Waals surface area contributed by atoms with Crippen LogP contribution in [-0.2, 0) is 17.5 Å². The summed E-state index contributed by atoms with van der Waals surface area (Å²) in [5.74, 6) is -3.26. The minimum absolute atomic E-state index is 0.00188. The number of hydrogen-bond acceptors (Lipinski definition) is 10. The van der Waals surface area contributed by atoms with Crippen molar-refractivity contribution < 1.29 is 42.6 Å². The zero-order valence-corrected chi connectivity index (χ0v) is 32.7. The maximum atomic E-state index is 16.2. The molecule has 0 radical (unpaired) electrons. The van der Waals surface area contributed by atoms with Gasteiger partial charge in [-0.3, -0.25) is 14.5 Å². The number of Topliss-reactive ketones (excluding diaryl/α,β-unsaturated/α-hetero) is 2. The van der Waals surface area contributed by atoms with Crippen LogP contribution in [0.25, 0.3) is 0 Å². The highest BCUT2D eigenvalue weighted by molar-refractivity contribution is 9.10. The Bertz CT molecular complexity index is 1660. The van der Waals surface area contributed by atoms with E-state index in [9.17, 15) is 15.0 Å². The lowest BCUT2D eigenvalue weighted by molar-refractivity contribution is -0.0481. The van der Waals surface area contributed by atoms with Crippen LogP contribution in [0.5, 0.6) is 11.6 Å². The van der Waals surface area contributed by atoms with E-state index in [0.29, 0.717) is 18.8 Å². The number of nitrogens with zero attached hydrogens (tertiary/aromatic N) is 2. The molecule has 5 rings (SSSR count). The highest BCUT2D eigenvalue weighted by atomic mass is 79.9. The van der Waals surface area contributed by atoms with Gasteiger partial charge >= 0.3 is 0 Å². The van der Waals surface area contributed by atoms with Gasteiger partial charge in [-0.2, -0.15) is 0 Å². The summed E-state index contributed by atoms with van der Waals surface area (Å²) in [5.41, 5.74) is -1.74. The fourth-order valence-electron chi connectivity index (χ4n) is 7.24. The molecular formula is C36H50BrFN2O8Si. The predicted molar refractivity (Wildman–Crippen MR) is 188 cm³/mol. The second-order valence-electron chi connectivity index (χ2n) is 15.2. The Hall–Kier alpha value is -2.58. The van der Waals surface area contributed by atoms with Crippen molar-refractivity contribution in [1.29, 1.82) is 0 Å². The number of carbonyl (C=O) groups excluding carboxylic acids is 2. The monoisotopic (exact) mass is 764 g/mol. The first kappa shape index (κ1) is 37.7. The molecule has 1 aromatic carbocycles. The van der Waals surface area contributed by atoms with E-state index < -0.39 is 61.5 Å². The number of rotatable bonds is 12. The summed E-state index contributed by atoms with van der Waals surface area (Å²) in [5, 5.41) is 26.7. The second kappa shape index (κ2) is 13.9. The molecule has 49 heavy (non-hydrogen) atoms. The average molecular weight is 766 g/mol. The molecule has 0 aliphatic heterocycles. The van der Waals surface area contributed by atoms with E-state index in [0.717, 1.165) is 19.3 Å². The SMILES string of the molecule is CCCCOc1noc2c1C(=O)[C@@]1(O[Si](C)(C)C(C)(C)C)C(O)=C3C(=O)c4c(c(F)c(CO)c(Br)c4OCCCC)C[C@H]3C[C@H]1[C@@H]2N(C)C. The van der Waals surface area contributed by atoms with Crippen molar-refractivity contribution in [2.45, 2.75) is 110 Å². The Morgan fingerprint density at radius 3 is 2.31 bits per heavy atom. The molecule has 10 nitrogen and oxygen atoms in total. The van der Waals surface area contributed by atoms with Crippen molar-refractivity contribution >= 4 is 35.8 Å². The molecule has 3 aliphatic rings. The molecule has 2 aromatic rings. The van der Waals surface area contributed by atoms with Gasteiger partial charge in [0.15, 0.2) is 25.5 Å². The Morgan fingerprint density at radius 2 is 1.73 bits per heavy atom. The standard InChI is InChI=1S/C36H50BrFN2O8Si/c1-10-12-14-45-30-24-20(27(38)21(18-41)26(30)37)16-19-17-22-28(40(6)7)31-25(34(39-47-31)46-15-13-11-2)33(44)36(22,32(43)23(19)29(24)42)48-49(8,9)35(3,4)5/h19,22,28,41,43H,10-18H2,1-9H3/t19-,22-,28-,36-/m0/s1. The van der Waals surface area contributed by atoms with E-state index >= 15 is 9.18 Å². The number of hydrogen-bond donors (Lipinski definition) is 2. The first-order valence-corrected chi connectivity index (χ1v) is 21.0. The summed E-state index contributed by atoms with van der Waals surface area (Å²) < 4.78 is 41.4. The Balaban J connectivity index is 1.81. The van der Waals surface area contributed by atoms with E-state index in [2.05, 4.69) is 21.1 Å². The largest absolute Gasteiger partial charge is 0.508 e. The van der Waals surface area contributed by atoms with Crippen LogP contribution in [0.15, 0.2) is 20.3 Å². The highest BCUT2D eigenvalue weighted by Crippen LogP contribution is 2.60. The lowest BCUT2D eigenvalue weighted by Crippen LogP contribution is -2.65. The van der Waals surface area contributed by atoms with Crippen LogP contribution in [0, 0.1) is 17.7 Å². The van der Waals surface area contributed by atoms with Gasteiger partial charge in [-0.05, 0) is 84.9 Å². The van der Waals surface area contributed by atoms with E-state index in [1.807, 2.05) is 66.7 Å². The van der Waals surface area contributed by atoms with Crippen molar-refractivity contribution in [3.8, 4) is 11.6 Å². The molecule has 0 amide bonds. The molecule has 13 heteroatoms. The lowest BCUT2D eigenvalue weighted by atomic mass is 9.58. The normalized spacial score (nSPS) is 23.7. The zero-order chi connectivity index (χ0) is 36.2. The minimum Gasteiger partial charge on any atom is -0.508 e. The van der Waals surface area contributed by atoms with Gasteiger partial charge in [0.25, 0.3) is 5.88 Å². The number of aromatic nitrogens is 1. The van der Waals surface area contributed by atoms with Gasteiger partial charge in [-0.15, -0.1) is 0 Å². The predicted octanol–water partition coefficient (Wildman–Crippen LogP) is 7.87. The topological polar surface area (TPSA) is 132 Å². The summed E-state index contributed by atoms with van der Waals surface area (Å²) in [7, 11) is 0.825. The molecule has 0 unspecified atom stereocenters. The second-order valence-corrected chi connectivity index (χ2v) is 20.8. The first-order valence-electron chi connectivity index (χ1n) is 17.3. The summed E-state index contributed by atoms with van der Waals surface area (Å²) in [6, 6.07) is -0.607. The number of unbranched alkanes of at least 4 members (excludes halogenated alkanes) is 2. The molecule has 4 atom stereocenters. The Kier molecular flexibility index (Phi) is 10.7. The van der Waals surface area contributed by atoms with Gasteiger partial charge < -0.3 is 28.6 Å². The minimum atomic E-state index is -2.88. The van der Waals surface area contributed by atoms with E-state index in [1.165, 1.54) is 0 Å². The van der Waals surface area contributed by atoms with Crippen LogP contribution in [0.4, 0.5) is 4.39 Å². The van der Waals surface area contributed by atoms with E-state index in [1.54, 1.807) is 0 Å². The van der Waals surface area contributed by atoms with Gasteiger partial charge in [-0.1, -0.05) is 47.5 Å². The summed E-state index contributed by atoms with van der Waals surface area (Å²) in [4.78, 5) is 31.9. The molecule has 3 aliphatic carbocycles. The number of halogens is 2. The van der Waals surface area contributed by atoms with Crippen molar-refractivity contribution in [3.05, 3.63) is 49.6 Å². The van der Waals surface area contributed by atoms with Gasteiger partial charge in [0, 0.05) is 22.6 Å². The third kappa shape index (κ3) is 6.00. The fraction of sp³-hybridized carbons (Fsp3) is 0.639. The number of fused-ring (bicyclic) bond motifs is 4. The van der Waals surface area contributed by atoms with E-state index in [4.69, 9.17) is 18.4 Å². The Morgan fingerprint density at radius 1 is 1.10 bits per heavy atom. The van der Waals surface area contributed by atoms with Gasteiger partial charge in [0.2, 0.25) is 5.78 Å². The molecule has 1 aromatic heterocycles. The maximum Gasteiger partial charge on any atom is 0.265 e. The van der Waals surface area contributed by atoms with Crippen LogP contribution in [0.3, 0.4) is 0 Å². The Labute approximate surface area is 297 Å². The first-order chi connectivity index (χ1) is 23.0. The van der Waals surface area contributed by atoms with Crippen LogP contribution in [0.2, 0.25) is 18.1 Å². The zero-order valence-electron chi connectivity index (χ0n) is 30.1. The van der Waals surface area contributed by atoms with Crippen LogP contribution in [0.1, 0.15) is 110 Å². The van der Waals surface area contributed by atoms with Crippen LogP contribution >= 0.6 is 15.9 Å². The fourth-order valence-corrected chi connectivity index (χ4v) is 9.31. The number of ketones is 2. The number of benzene rings is 1. The third-order valence-electron chi connectivity index (χ3n) is 10.8.